The Bertz CT molecular complexity index is 867. The smallest absolute Gasteiger partial charge is 0.229 e. The number of halogens is 2. The van der Waals surface area contributed by atoms with Crippen LogP contribution in [-0.2, 0) is 16.0 Å². The number of aryl methyl sites for hydroxylation is 2. The van der Waals surface area contributed by atoms with Gasteiger partial charge in [0.1, 0.15) is 0 Å². The normalized spacial score (nSPS) is 16.8. The largest absolute Gasteiger partial charge is 0.325 e. The van der Waals surface area contributed by atoms with E-state index >= 15 is 0 Å². The number of hydrogen-bond acceptors (Lipinski definition) is 2. The lowest BCUT2D eigenvalue weighted by atomic mass is 10.0. The van der Waals surface area contributed by atoms with E-state index in [-0.39, 0.29) is 18.2 Å². The highest BCUT2D eigenvalue weighted by Crippen LogP contribution is 2.32. The molecule has 0 radical (unpaired) electrons. The molecule has 3 rings (SSSR count). The number of nitrogens with one attached hydrogen (secondary N) is 1. The van der Waals surface area contributed by atoms with Crippen molar-refractivity contribution in [2.75, 3.05) is 16.8 Å². The average Bonchev–Trinajstić information content (AvgIpc) is 3.01. The van der Waals surface area contributed by atoms with Crippen LogP contribution >= 0.6 is 23.2 Å². The molecule has 1 unspecified atom stereocenters. The van der Waals surface area contributed by atoms with E-state index in [1.807, 2.05) is 25.1 Å². The lowest BCUT2D eigenvalue weighted by molar-refractivity contribution is -0.122. The van der Waals surface area contributed by atoms with Crippen LogP contribution in [0.1, 0.15) is 24.5 Å². The van der Waals surface area contributed by atoms with Crippen molar-refractivity contribution in [3.05, 3.63) is 57.6 Å². The van der Waals surface area contributed by atoms with Gasteiger partial charge in [0.2, 0.25) is 11.8 Å². The third-order valence-corrected chi connectivity index (χ3v) is 5.44. The van der Waals surface area contributed by atoms with Gasteiger partial charge in [0.05, 0.1) is 16.0 Å². The van der Waals surface area contributed by atoms with Crippen molar-refractivity contribution in [1.29, 1.82) is 0 Å². The summed E-state index contributed by atoms with van der Waals surface area (Å²) >= 11 is 12.0. The Balaban J connectivity index is 1.76. The zero-order valence-corrected chi connectivity index (χ0v) is 16.2. The first-order chi connectivity index (χ1) is 12.4. The van der Waals surface area contributed by atoms with E-state index < -0.39 is 5.92 Å². The molecule has 0 aliphatic carbocycles. The van der Waals surface area contributed by atoms with Crippen LogP contribution in [0.3, 0.4) is 0 Å². The monoisotopic (exact) mass is 390 g/mol. The van der Waals surface area contributed by atoms with E-state index in [1.165, 1.54) is 0 Å². The third-order valence-electron chi connectivity index (χ3n) is 4.70. The summed E-state index contributed by atoms with van der Waals surface area (Å²) < 4.78 is 0. The van der Waals surface area contributed by atoms with Crippen molar-refractivity contribution in [3.8, 4) is 0 Å². The minimum atomic E-state index is -0.402. The predicted octanol–water partition coefficient (Wildman–Crippen LogP) is 4.86. The summed E-state index contributed by atoms with van der Waals surface area (Å²) in [6.45, 7) is 4.35. The first-order valence-electron chi connectivity index (χ1n) is 8.55. The first-order valence-corrected chi connectivity index (χ1v) is 9.31. The molecule has 2 aromatic carbocycles. The highest BCUT2D eigenvalue weighted by Gasteiger charge is 2.35. The fourth-order valence-corrected chi connectivity index (χ4v) is 3.51. The minimum Gasteiger partial charge on any atom is -0.325 e. The maximum Gasteiger partial charge on any atom is 0.229 e. The summed E-state index contributed by atoms with van der Waals surface area (Å²) in [4.78, 5) is 26.7. The number of anilines is 2. The fourth-order valence-electron chi connectivity index (χ4n) is 3.21. The molecule has 26 heavy (non-hydrogen) atoms. The van der Waals surface area contributed by atoms with Crippen LogP contribution in [0.5, 0.6) is 0 Å². The van der Waals surface area contributed by atoms with Crippen molar-refractivity contribution < 1.29 is 9.59 Å². The van der Waals surface area contributed by atoms with Crippen LogP contribution in [0.2, 0.25) is 10.0 Å². The molecular weight excluding hydrogens is 371 g/mol. The van der Waals surface area contributed by atoms with Crippen LogP contribution in [0.4, 0.5) is 11.4 Å². The molecule has 1 aliphatic rings. The van der Waals surface area contributed by atoms with Gasteiger partial charge in [-0.1, -0.05) is 48.3 Å². The molecule has 136 valence electrons. The van der Waals surface area contributed by atoms with E-state index in [1.54, 1.807) is 23.1 Å². The summed E-state index contributed by atoms with van der Waals surface area (Å²) in [5.41, 5.74) is 3.61. The van der Waals surface area contributed by atoms with Gasteiger partial charge in [-0.15, -0.1) is 0 Å². The highest BCUT2D eigenvalue weighted by molar-refractivity contribution is 6.42. The summed E-state index contributed by atoms with van der Waals surface area (Å²) in [5, 5.41) is 3.84. The molecular formula is C20H20Cl2N2O2. The third kappa shape index (κ3) is 3.71. The maximum absolute atomic E-state index is 12.7. The number of rotatable bonds is 4. The van der Waals surface area contributed by atoms with Gasteiger partial charge in [0.25, 0.3) is 0 Å². The standard InChI is InChI=1S/C20H20Cl2N2O2/c1-3-13-6-4-5-12(2)19(13)23-20(26)14-9-18(25)24(11-14)15-7-8-16(21)17(22)10-15/h4-8,10,14H,3,9,11H2,1-2H3,(H,23,26). The molecule has 6 heteroatoms. The van der Waals surface area contributed by atoms with Crippen molar-refractivity contribution >= 4 is 46.4 Å². The average molecular weight is 391 g/mol. The van der Waals surface area contributed by atoms with E-state index in [9.17, 15) is 9.59 Å². The molecule has 1 atom stereocenters. The van der Waals surface area contributed by atoms with Crippen molar-refractivity contribution in [1.82, 2.24) is 0 Å². The number of nitrogens with zero attached hydrogens (tertiary/aromatic N) is 1. The van der Waals surface area contributed by atoms with Crippen molar-refractivity contribution in [3.63, 3.8) is 0 Å². The molecule has 1 N–H and O–H groups in total. The van der Waals surface area contributed by atoms with Crippen LogP contribution < -0.4 is 10.2 Å². The number of carbonyl (C=O) groups excluding carboxylic acids is 2. The van der Waals surface area contributed by atoms with E-state index in [4.69, 9.17) is 23.2 Å². The second-order valence-electron chi connectivity index (χ2n) is 6.46. The van der Waals surface area contributed by atoms with Gasteiger partial charge in [-0.3, -0.25) is 9.59 Å². The van der Waals surface area contributed by atoms with E-state index in [0.29, 0.717) is 22.3 Å². The highest BCUT2D eigenvalue weighted by atomic mass is 35.5. The minimum absolute atomic E-state index is 0.0935. The molecule has 0 bridgehead atoms. The summed E-state index contributed by atoms with van der Waals surface area (Å²) in [6.07, 6.45) is 1.01. The summed E-state index contributed by atoms with van der Waals surface area (Å²) in [7, 11) is 0. The molecule has 1 heterocycles. The molecule has 0 saturated carbocycles. The lowest BCUT2D eigenvalue weighted by Gasteiger charge is -2.18. The fraction of sp³-hybridized carbons (Fsp3) is 0.300. The second-order valence-corrected chi connectivity index (χ2v) is 7.27. The predicted molar refractivity (Wildman–Crippen MR) is 106 cm³/mol. The van der Waals surface area contributed by atoms with Crippen LogP contribution in [0.25, 0.3) is 0 Å². The molecule has 1 aliphatic heterocycles. The zero-order chi connectivity index (χ0) is 18.8. The number of carbonyl (C=O) groups is 2. The quantitative estimate of drug-likeness (QED) is 0.810. The van der Waals surface area contributed by atoms with Crippen molar-refractivity contribution in [2.24, 2.45) is 5.92 Å². The van der Waals surface area contributed by atoms with Gasteiger partial charge in [-0.2, -0.15) is 0 Å². The molecule has 2 aromatic rings. The Kier molecular flexibility index (Phi) is 5.54. The Labute approximate surface area is 163 Å². The van der Waals surface area contributed by atoms with Gasteiger partial charge < -0.3 is 10.2 Å². The number of amides is 2. The van der Waals surface area contributed by atoms with Gasteiger partial charge in [0.15, 0.2) is 0 Å². The number of para-hydroxylation sites is 1. The van der Waals surface area contributed by atoms with Crippen LogP contribution in [-0.4, -0.2) is 18.4 Å². The topological polar surface area (TPSA) is 49.4 Å². The lowest BCUT2D eigenvalue weighted by Crippen LogP contribution is -2.28. The number of benzene rings is 2. The molecule has 1 saturated heterocycles. The Morgan fingerprint density at radius 3 is 2.69 bits per heavy atom. The maximum atomic E-state index is 12.7. The van der Waals surface area contributed by atoms with Gasteiger partial charge >= 0.3 is 0 Å². The van der Waals surface area contributed by atoms with Gasteiger partial charge in [-0.05, 0) is 42.7 Å². The summed E-state index contributed by atoms with van der Waals surface area (Å²) in [5.74, 6) is -0.629. The van der Waals surface area contributed by atoms with Crippen molar-refractivity contribution in [2.45, 2.75) is 26.7 Å². The first kappa shape index (κ1) is 18.7. The molecule has 0 spiro atoms. The number of hydrogen-bond donors (Lipinski definition) is 1. The van der Waals surface area contributed by atoms with Crippen LogP contribution in [0, 0.1) is 12.8 Å². The molecule has 4 nitrogen and oxygen atoms in total. The molecule has 0 aromatic heterocycles. The Hall–Kier alpha value is -2.04. The second kappa shape index (κ2) is 7.68. The Morgan fingerprint density at radius 1 is 1.23 bits per heavy atom. The van der Waals surface area contributed by atoms with E-state index in [0.717, 1.165) is 23.2 Å². The molecule has 1 fully saturated rings. The SMILES string of the molecule is CCc1cccc(C)c1NC(=O)C1CC(=O)N(c2ccc(Cl)c(Cl)c2)C1. The molecule has 2 amide bonds. The van der Waals surface area contributed by atoms with E-state index in [2.05, 4.69) is 12.2 Å². The van der Waals surface area contributed by atoms with Gasteiger partial charge in [-0.25, -0.2) is 0 Å². The summed E-state index contributed by atoms with van der Waals surface area (Å²) in [6, 6.07) is 11.0. The Morgan fingerprint density at radius 2 is 2.00 bits per heavy atom. The zero-order valence-electron chi connectivity index (χ0n) is 14.7. The van der Waals surface area contributed by atoms with Gasteiger partial charge in [0, 0.05) is 24.3 Å². The van der Waals surface area contributed by atoms with Crippen LogP contribution in [0.15, 0.2) is 36.4 Å².